The van der Waals surface area contributed by atoms with E-state index in [1.807, 2.05) is 0 Å². The molecule has 1 heterocycles. The van der Waals surface area contributed by atoms with Crippen molar-refractivity contribution in [3.8, 4) is 0 Å². The standard InChI is InChI=1S/C8H9BrClNO2/c9-7-3-1-2-5(11-7)8(13)6(12)4-10/h1-3,6,8,12-13H,4H2. The quantitative estimate of drug-likeness (QED) is 0.643. The fourth-order valence-corrected chi connectivity index (χ4v) is 1.40. The average Bonchev–Trinajstić information content (AvgIpc) is 2.15. The maximum absolute atomic E-state index is 9.50. The van der Waals surface area contributed by atoms with Gasteiger partial charge < -0.3 is 10.2 Å². The summed E-state index contributed by atoms with van der Waals surface area (Å²) >= 11 is 8.55. The Labute approximate surface area is 89.5 Å². The van der Waals surface area contributed by atoms with Crippen LogP contribution in [0.25, 0.3) is 0 Å². The largest absolute Gasteiger partial charge is 0.389 e. The van der Waals surface area contributed by atoms with Gasteiger partial charge in [0.2, 0.25) is 0 Å². The van der Waals surface area contributed by atoms with Gasteiger partial charge in [-0.15, -0.1) is 11.6 Å². The fraction of sp³-hybridized carbons (Fsp3) is 0.375. The number of hydrogen-bond acceptors (Lipinski definition) is 3. The Balaban J connectivity index is 2.82. The first-order valence-electron chi connectivity index (χ1n) is 3.69. The molecule has 3 nitrogen and oxygen atoms in total. The minimum atomic E-state index is -1.03. The minimum Gasteiger partial charge on any atom is -0.389 e. The molecule has 0 saturated carbocycles. The number of hydrogen-bond donors (Lipinski definition) is 2. The van der Waals surface area contributed by atoms with Crippen LogP contribution in [-0.2, 0) is 0 Å². The zero-order valence-electron chi connectivity index (χ0n) is 6.69. The molecule has 0 radical (unpaired) electrons. The Morgan fingerprint density at radius 3 is 2.69 bits per heavy atom. The Kier molecular flexibility index (Phi) is 4.12. The van der Waals surface area contributed by atoms with Crippen LogP contribution >= 0.6 is 27.5 Å². The first-order valence-corrected chi connectivity index (χ1v) is 5.02. The summed E-state index contributed by atoms with van der Waals surface area (Å²) in [5, 5.41) is 18.7. The number of halogens is 2. The molecule has 0 bridgehead atoms. The van der Waals surface area contributed by atoms with Gasteiger partial charge in [-0.3, -0.25) is 0 Å². The third-order valence-electron chi connectivity index (χ3n) is 1.56. The molecule has 13 heavy (non-hydrogen) atoms. The van der Waals surface area contributed by atoms with Gasteiger partial charge in [-0.25, -0.2) is 4.98 Å². The van der Waals surface area contributed by atoms with Crippen molar-refractivity contribution >= 4 is 27.5 Å². The molecule has 1 aromatic heterocycles. The molecule has 0 saturated heterocycles. The normalized spacial score (nSPS) is 15.4. The molecule has 0 aromatic carbocycles. The van der Waals surface area contributed by atoms with E-state index in [1.165, 1.54) is 0 Å². The van der Waals surface area contributed by atoms with Gasteiger partial charge in [-0.1, -0.05) is 6.07 Å². The van der Waals surface area contributed by atoms with Crippen molar-refractivity contribution in [1.29, 1.82) is 0 Å². The van der Waals surface area contributed by atoms with Crippen molar-refractivity contribution in [2.45, 2.75) is 12.2 Å². The second-order valence-corrected chi connectivity index (χ2v) is 3.67. The number of aromatic nitrogens is 1. The topological polar surface area (TPSA) is 53.4 Å². The molecule has 1 rings (SSSR count). The van der Waals surface area contributed by atoms with Gasteiger partial charge in [0.15, 0.2) is 0 Å². The van der Waals surface area contributed by atoms with Crippen molar-refractivity contribution in [1.82, 2.24) is 4.98 Å². The van der Waals surface area contributed by atoms with E-state index in [0.717, 1.165) is 0 Å². The first-order chi connectivity index (χ1) is 6.15. The van der Waals surface area contributed by atoms with E-state index in [4.69, 9.17) is 11.6 Å². The summed E-state index contributed by atoms with van der Waals surface area (Å²) < 4.78 is 0.617. The van der Waals surface area contributed by atoms with E-state index in [2.05, 4.69) is 20.9 Å². The van der Waals surface area contributed by atoms with Gasteiger partial charge in [0, 0.05) is 0 Å². The molecule has 0 amide bonds. The van der Waals surface area contributed by atoms with Crippen molar-refractivity contribution in [3.63, 3.8) is 0 Å². The summed E-state index contributed by atoms with van der Waals surface area (Å²) in [7, 11) is 0. The predicted octanol–water partition coefficient (Wildman–Crippen LogP) is 1.48. The summed E-state index contributed by atoms with van der Waals surface area (Å²) in [5.74, 6) is -0.0185. The third kappa shape index (κ3) is 2.91. The van der Waals surface area contributed by atoms with Gasteiger partial charge in [0.1, 0.15) is 10.7 Å². The van der Waals surface area contributed by atoms with Gasteiger partial charge in [0.25, 0.3) is 0 Å². The van der Waals surface area contributed by atoms with Gasteiger partial charge in [-0.2, -0.15) is 0 Å². The van der Waals surface area contributed by atoms with Gasteiger partial charge >= 0.3 is 0 Å². The van der Waals surface area contributed by atoms with Crippen LogP contribution < -0.4 is 0 Å². The number of alkyl halides is 1. The SMILES string of the molecule is OC(CCl)C(O)c1cccc(Br)n1. The zero-order chi connectivity index (χ0) is 9.84. The van der Waals surface area contributed by atoms with E-state index >= 15 is 0 Å². The number of pyridine rings is 1. The second kappa shape index (κ2) is 4.91. The Morgan fingerprint density at radius 2 is 2.15 bits per heavy atom. The Bertz CT molecular complexity index is 285. The highest BCUT2D eigenvalue weighted by Gasteiger charge is 2.18. The lowest BCUT2D eigenvalue weighted by molar-refractivity contribution is 0.0299. The maximum atomic E-state index is 9.50. The monoisotopic (exact) mass is 265 g/mol. The van der Waals surface area contributed by atoms with E-state index in [-0.39, 0.29) is 5.88 Å². The molecule has 0 fully saturated rings. The molecule has 5 heteroatoms. The molecule has 0 aliphatic rings. The zero-order valence-corrected chi connectivity index (χ0v) is 9.03. The summed E-state index contributed by atoms with van der Waals surface area (Å²) in [6.07, 6.45) is -2.02. The highest BCUT2D eigenvalue weighted by atomic mass is 79.9. The van der Waals surface area contributed by atoms with Crippen LogP contribution in [0.3, 0.4) is 0 Å². The molecule has 72 valence electrons. The lowest BCUT2D eigenvalue weighted by Gasteiger charge is -2.14. The maximum Gasteiger partial charge on any atom is 0.123 e. The Hall–Kier alpha value is -0.160. The number of rotatable bonds is 3. The smallest absolute Gasteiger partial charge is 0.123 e. The molecule has 0 aliphatic heterocycles. The van der Waals surface area contributed by atoms with Crippen LogP contribution in [0, 0.1) is 0 Å². The predicted molar refractivity (Wildman–Crippen MR) is 53.6 cm³/mol. The lowest BCUT2D eigenvalue weighted by atomic mass is 10.1. The molecule has 1 aromatic rings. The number of aliphatic hydroxyl groups is 2. The summed E-state index contributed by atoms with van der Waals surface area (Å²) in [6, 6.07) is 5.10. The summed E-state index contributed by atoms with van der Waals surface area (Å²) in [5.41, 5.74) is 0.405. The van der Waals surface area contributed by atoms with Crippen LogP contribution in [0.15, 0.2) is 22.8 Å². The molecular weight excluding hydrogens is 257 g/mol. The fourth-order valence-electron chi connectivity index (χ4n) is 0.870. The highest BCUT2D eigenvalue weighted by Crippen LogP contribution is 2.17. The van der Waals surface area contributed by atoms with E-state index in [1.54, 1.807) is 18.2 Å². The van der Waals surface area contributed by atoms with Crippen LogP contribution in [0.5, 0.6) is 0 Å². The van der Waals surface area contributed by atoms with E-state index in [9.17, 15) is 10.2 Å². The van der Waals surface area contributed by atoms with Crippen LogP contribution in [0.4, 0.5) is 0 Å². The lowest BCUT2D eigenvalue weighted by Crippen LogP contribution is -2.20. The molecular formula is C8H9BrClNO2. The van der Waals surface area contributed by atoms with Crippen LogP contribution in [-0.4, -0.2) is 27.2 Å². The number of aliphatic hydroxyl groups excluding tert-OH is 2. The summed E-state index contributed by atoms with van der Waals surface area (Å²) in [6.45, 7) is 0. The highest BCUT2D eigenvalue weighted by molar-refractivity contribution is 9.10. The first kappa shape index (κ1) is 10.9. The molecule has 2 N–H and O–H groups in total. The van der Waals surface area contributed by atoms with Gasteiger partial charge in [0.05, 0.1) is 17.7 Å². The van der Waals surface area contributed by atoms with Crippen molar-refractivity contribution in [2.75, 3.05) is 5.88 Å². The van der Waals surface area contributed by atoms with Crippen molar-refractivity contribution in [3.05, 3.63) is 28.5 Å². The van der Waals surface area contributed by atoms with Crippen molar-refractivity contribution in [2.24, 2.45) is 0 Å². The molecule has 0 spiro atoms. The third-order valence-corrected chi connectivity index (χ3v) is 2.32. The molecule has 0 aliphatic carbocycles. The summed E-state index contributed by atoms with van der Waals surface area (Å²) in [4.78, 5) is 3.99. The van der Waals surface area contributed by atoms with Crippen molar-refractivity contribution < 1.29 is 10.2 Å². The minimum absolute atomic E-state index is 0.0185. The average molecular weight is 267 g/mol. The Morgan fingerprint density at radius 1 is 1.46 bits per heavy atom. The van der Waals surface area contributed by atoms with Crippen LogP contribution in [0.2, 0.25) is 0 Å². The number of nitrogens with zero attached hydrogens (tertiary/aromatic N) is 1. The second-order valence-electron chi connectivity index (χ2n) is 2.55. The van der Waals surface area contributed by atoms with E-state index < -0.39 is 12.2 Å². The van der Waals surface area contributed by atoms with E-state index in [0.29, 0.717) is 10.3 Å². The molecule has 2 atom stereocenters. The molecule has 2 unspecified atom stereocenters. The van der Waals surface area contributed by atoms with Gasteiger partial charge in [-0.05, 0) is 28.1 Å². The van der Waals surface area contributed by atoms with Crippen LogP contribution in [0.1, 0.15) is 11.8 Å².